The number of aliphatic imine (C=N–C) groups is 1. The van der Waals surface area contributed by atoms with E-state index in [1.54, 1.807) is 19.1 Å². The molecule has 0 saturated carbocycles. The standard InChI is InChI=1S/C13H17F3N4O2/c1-2-17-12(18-8-7-13(14,15)16)19-9-10-5-3-4-6-11(10)20(21)22/h3-6H,2,7-9H2,1H3,(H2,17,18,19). The number of nitro groups is 1. The molecule has 1 aromatic rings. The number of para-hydroxylation sites is 1. The van der Waals surface area contributed by atoms with Crippen LogP contribution in [0.3, 0.4) is 0 Å². The Morgan fingerprint density at radius 2 is 2.00 bits per heavy atom. The molecule has 1 aromatic carbocycles. The van der Waals surface area contributed by atoms with Gasteiger partial charge < -0.3 is 10.6 Å². The van der Waals surface area contributed by atoms with Crippen LogP contribution in [0.5, 0.6) is 0 Å². The van der Waals surface area contributed by atoms with Crippen molar-refractivity contribution in [2.45, 2.75) is 26.1 Å². The highest BCUT2D eigenvalue weighted by atomic mass is 19.4. The quantitative estimate of drug-likeness (QED) is 0.366. The van der Waals surface area contributed by atoms with Gasteiger partial charge in [0, 0.05) is 19.2 Å². The number of nitrogens with zero attached hydrogens (tertiary/aromatic N) is 2. The van der Waals surface area contributed by atoms with Crippen molar-refractivity contribution in [3.8, 4) is 0 Å². The van der Waals surface area contributed by atoms with Crippen LogP contribution in [0.15, 0.2) is 29.3 Å². The first-order valence-corrected chi connectivity index (χ1v) is 6.64. The lowest BCUT2D eigenvalue weighted by molar-refractivity contribution is -0.385. The highest BCUT2D eigenvalue weighted by Crippen LogP contribution is 2.19. The average Bonchev–Trinajstić information content (AvgIpc) is 2.43. The van der Waals surface area contributed by atoms with E-state index in [1.165, 1.54) is 12.1 Å². The van der Waals surface area contributed by atoms with E-state index in [1.807, 2.05) is 0 Å². The van der Waals surface area contributed by atoms with E-state index in [4.69, 9.17) is 0 Å². The summed E-state index contributed by atoms with van der Waals surface area (Å²) in [4.78, 5) is 14.4. The number of nitrogens with one attached hydrogen (secondary N) is 2. The van der Waals surface area contributed by atoms with Gasteiger partial charge in [-0.15, -0.1) is 0 Å². The number of hydrogen-bond donors (Lipinski definition) is 2. The molecule has 122 valence electrons. The van der Waals surface area contributed by atoms with Gasteiger partial charge in [0.15, 0.2) is 5.96 Å². The van der Waals surface area contributed by atoms with Crippen molar-refractivity contribution in [3.63, 3.8) is 0 Å². The number of hydrogen-bond acceptors (Lipinski definition) is 3. The second kappa shape index (κ2) is 8.20. The molecule has 0 bridgehead atoms. The third-order valence-corrected chi connectivity index (χ3v) is 2.64. The molecule has 0 aliphatic rings. The van der Waals surface area contributed by atoms with E-state index in [0.29, 0.717) is 12.1 Å². The summed E-state index contributed by atoms with van der Waals surface area (Å²) >= 11 is 0. The summed E-state index contributed by atoms with van der Waals surface area (Å²) in [5, 5.41) is 16.2. The molecule has 0 heterocycles. The molecule has 0 aliphatic carbocycles. The van der Waals surface area contributed by atoms with Gasteiger partial charge >= 0.3 is 6.18 Å². The minimum absolute atomic E-state index is 0.00148. The third kappa shape index (κ3) is 6.42. The molecule has 0 saturated heterocycles. The van der Waals surface area contributed by atoms with E-state index >= 15 is 0 Å². The van der Waals surface area contributed by atoms with Crippen LogP contribution in [-0.4, -0.2) is 30.1 Å². The summed E-state index contributed by atoms with van der Waals surface area (Å²) in [6.07, 6.45) is -5.23. The molecule has 1 rings (SSSR count). The van der Waals surface area contributed by atoms with Gasteiger partial charge in [-0.2, -0.15) is 13.2 Å². The fourth-order valence-electron chi connectivity index (χ4n) is 1.65. The lowest BCUT2D eigenvalue weighted by Crippen LogP contribution is -2.38. The summed E-state index contributed by atoms with van der Waals surface area (Å²) in [6.45, 7) is 1.92. The number of rotatable bonds is 6. The summed E-state index contributed by atoms with van der Waals surface area (Å²) in [5.74, 6) is 0.185. The van der Waals surface area contributed by atoms with Gasteiger partial charge in [0.25, 0.3) is 5.69 Å². The Morgan fingerprint density at radius 1 is 1.32 bits per heavy atom. The highest BCUT2D eigenvalue weighted by Gasteiger charge is 2.26. The maximum Gasteiger partial charge on any atom is 0.390 e. The molecule has 0 spiro atoms. The maximum atomic E-state index is 12.1. The van der Waals surface area contributed by atoms with Crippen molar-refractivity contribution in [2.75, 3.05) is 13.1 Å². The van der Waals surface area contributed by atoms with Crippen LogP contribution in [0.1, 0.15) is 18.9 Å². The SMILES string of the molecule is CCNC(=NCc1ccccc1[N+](=O)[O-])NCCC(F)(F)F. The number of nitro benzene ring substituents is 1. The van der Waals surface area contributed by atoms with Gasteiger partial charge in [-0.3, -0.25) is 10.1 Å². The van der Waals surface area contributed by atoms with Gasteiger partial charge in [0.1, 0.15) is 0 Å². The van der Waals surface area contributed by atoms with Gasteiger partial charge in [-0.25, -0.2) is 4.99 Å². The molecule has 0 unspecified atom stereocenters. The molecule has 0 amide bonds. The van der Waals surface area contributed by atoms with Crippen molar-refractivity contribution in [3.05, 3.63) is 39.9 Å². The Balaban J connectivity index is 2.72. The zero-order valence-corrected chi connectivity index (χ0v) is 12.0. The third-order valence-electron chi connectivity index (χ3n) is 2.64. The van der Waals surface area contributed by atoms with Crippen LogP contribution in [0.25, 0.3) is 0 Å². The molecule has 0 fully saturated rings. The molecule has 9 heteroatoms. The Kier molecular flexibility index (Phi) is 6.61. The number of benzene rings is 1. The van der Waals surface area contributed by atoms with Crippen LogP contribution >= 0.6 is 0 Å². The monoisotopic (exact) mass is 318 g/mol. The Morgan fingerprint density at radius 3 is 2.59 bits per heavy atom. The minimum Gasteiger partial charge on any atom is -0.357 e. The van der Waals surface area contributed by atoms with Gasteiger partial charge in [0.05, 0.1) is 23.5 Å². The normalized spacial score (nSPS) is 12.1. The summed E-state index contributed by atoms with van der Waals surface area (Å²) in [7, 11) is 0. The predicted octanol–water partition coefficient (Wildman–Crippen LogP) is 2.60. The Labute approximate surface area is 125 Å². The van der Waals surface area contributed by atoms with E-state index in [9.17, 15) is 23.3 Å². The molecule has 0 atom stereocenters. The first-order valence-electron chi connectivity index (χ1n) is 6.64. The van der Waals surface area contributed by atoms with Crippen LogP contribution in [-0.2, 0) is 6.54 Å². The lowest BCUT2D eigenvalue weighted by Gasteiger charge is -2.12. The molecular formula is C13H17F3N4O2. The van der Waals surface area contributed by atoms with Crippen LogP contribution in [0.2, 0.25) is 0 Å². The second-order valence-electron chi connectivity index (χ2n) is 4.37. The predicted molar refractivity (Wildman–Crippen MR) is 76.6 cm³/mol. The van der Waals surface area contributed by atoms with Gasteiger partial charge in [0.2, 0.25) is 0 Å². The molecule has 0 radical (unpaired) electrons. The Bertz CT molecular complexity index is 532. The molecule has 0 aromatic heterocycles. The topological polar surface area (TPSA) is 79.6 Å². The summed E-state index contributed by atoms with van der Waals surface area (Å²) in [5.41, 5.74) is 0.318. The van der Waals surface area contributed by atoms with Crippen molar-refractivity contribution in [1.82, 2.24) is 10.6 Å². The largest absolute Gasteiger partial charge is 0.390 e. The molecule has 2 N–H and O–H groups in total. The van der Waals surface area contributed by atoms with E-state index in [2.05, 4.69) is 15.6 Å². The van der Waals surface area contributed by atoms with E-state index in [0.717, 1.165) is 0 Å². The first-order chi connectivity index (χ1) is 10.3. The zero-order valence-electron chi connectivity index (χ0n) is 12.0. The maximum absolute atomic E-state index is 12.1. The van der Waals surface area contributed by atoms with Crippen molar-refractivity contribution in [1.29, 1.82) is 0 Å². The number of halogens is 3. The first kappa shape index (κ1) is 17.7. The minimum atomic E-state index is -4.25. The number of alkyl halides is 3. The molecule has 6 nitrogen and oxygen atoms in total. The summed E-state index contributed by atoms with van der Waals surface area (Å²) in [6, 6.07) is 6.09. The average molecular weight is 318 g/mol. The fourth-order valence-corrected chi connectivity index (χ4v) is 1.65. The van der Waals surface area contributed by atoms with E-state index < -0.39 is 17.5 Å². The molecule has 22 heavy (non-hydrogen) atoms. The van der Waals surface area contributed by atoms with E-state index in [-0.39, 0.29) is 24.7 Å². The molecular weight excluding hydrogens is 301 g/mol. The van der Waals surface area contributed by atoms with Crippen molar-refractivity contribution < 1.29 is 18.1 Å². The van der Waals surface area contributed by atoms with Crippen LogP contribution in [0.4, 0.5) is 18.9 Å². The highest BCUT2D eigenvalue weighted by molar-refractivity contribution is 5.79. The molecule has 0 aliphatic heterocycles. The van der Waals surface area contributed by atoms with Crippen LogP contribution in [0, 0.1) is 10.1 Å². The zero-order chi connectivity index (χ0) is 16.6. The van der Waals surface area contributed by atoms with Crippen molar-refractivity contribution >= 4 is 11.6 Å². The second-order valence-corrected chi connectivity index (χ2v) is 4.37. The lowest BCUT2D eigenvalue weighted by atomic mass is 10.2. The van der Waals surface area contributed by atoms with Gasteiger partial charge in [-0.05, 0) is 6.92 Å². The van der Waals surface area contributed by atoms with Crippen molar-refractivity contribution in [2.24, 2.45) is 4.99 Å². The smallest absolute Gasteiger partial charge is 0.357 e. The van der Waals surface area contributed by atoms with Gasteiger partial charge in [-0.1, -0.05) is 18.2 Å². The van der Waals surface area contributed by atoms with Crippen LogP contribution < -0.4 is 10.6 Å². The summed E-state index contributed by atoms with van der Waals surface area (Å²) < 4.78 is 36.3. The fraction of sp³-hybridized carbons (Fsp3) is 0.462. The Hall–Kier alpha value is -2.32. The number of guanidine groups is 1.